The third-order valence-corrected chi connectivity index (χ3v) is 4.22. The fourth-order valence-corrected chi connectivity index (χ4v) is 2.80. The first-order valence-electron chi connectivity index (χ1n) is 7.15. The zero-order valence-electron chi connectivity index (χ0n) is 12.8. The summed E-state index contributed by atoms with van der Waals surface area (Å²) in [5.74, 6) is 0.778. The topological polar surface area (TPSA) is 56.8 Å². The molecule has 21 heavy (non-hydrogen) atoms. The molecule has 1 aliphatic rings. The Bertz CT molecular complexity index is 481. The van der Waals surface area contributed by atoms with Crippen molar-refractivity contribution < 1.29 is 19.0 Å². The Morgan fingerprint density at radius 1 is 1.24 bits per heavy atom. The summed E-state index contributed by atoms with van der Waals surface area (Å²) in [4.78, 5) is 12.7. The summed E-state index contributed by atoms with van der Waals surface area (Å²) in [6.07, 6.45) is 2.29. The van der Waals surface area contributed by atoms with Gasteiger partial charge in [0.05, 0.1) is 19.1 Å². The van der Waals surface area contributed by atoms with Crippen molar-refractivity contribution in [2.24, 2.45) is 0 Å². The van der Waals surface area contributed by atoms with E-state index >= 15 is 0 Å². The Balaban J connectivity index is 2.15. The van der Waals surface area contributed by atoms with Crippen molar-refractivity contribution in [3.05, 3.63) is 29.8 Å². The van der Waals surface area contributed by atoms with Crippen LogP contribution in [0.4, 0.5) is 0 Å². The van der Waals surface area contributed by atoms with Crippen molar-refractivity contribution in [2.75, 3.05) is 27.9 Å². The van der Waals surface area contributed by atoms with Crippen LogP contribution in [0.1, 0.15) is 24.8 Å². The molecule has 0 aromatic heterocycles. The molecule has 0 atom stereocenters. The predicted molar refractivity (Wildman–Crippen MR) is 79.3 cm³/mol. The van der Waals surface area contributed by atoms with Crippen LogP contribution in [0.3, 0.4) is 0 Å². The summed E-state index contributed by atoms with van der Waals surface area (Å²) in [7, 11) is 4.74. The van der Waals surface area contributed by atoms with E-state index < -0.39 is 11.7 Å². The number of rotatable bonds is 7. The fourth-order valence-electron chi connectivity index (χ4n) is 2.80. The zero-order chi connectivity index (χ0) is 15.3. The highest BCUT2D eigenvalue weighted by molar-refractivity contribution is 5.90. The number of benzene rings is 1. The molecule has 0 spiro atoms. The SMILES string of the molecule is COc1ccccc1C1(C(=O)NCC(OC)OC)CCC1. The number of ether oxygens (including phenoxy) is 3. The second-order valence-electron chi connectivity index (χ2n) is 5.25. The highest BCUT2D eigenvalue weighted by Crippen LogP contribution is 2.47. The lowest BCUT2D eigenvalue weighted by Gasteiger charge is -2.41. The molecule has 5 heteroatoms. The van der Waals surface area contributed by atoms with Crippen molar-refractivity contribution in [2.45, 2.75) is 31.0 Å². The quantitative estimate of drug-likeness (QED) is 0.780. The Kier molecular flexibility index (Phi) is 5.20. The van der Waals surface area contributed by atoms with Gasteiger partial charge >= 0.3 is 0 Å². The van der Waals surface area contributed by atoms with E-state index in [0.717, 1.165) is 30.6 Å². The number of methoxy groups -OCH3 is 3. The standard InChI is InChI=1S/C16H23NO4/c1-19-13-8-5-4-7-12(13)16(9-6-10-16)15(18)17-11-14(20-2)21-3/h4-5,7-8,14H,6,9-11H2,1-3H3,(H,17,18). The molecule has 1 amide bonds. The third-order valence-electron chi connectivity index (χ3n) is 4.22. The summed E-state index contributed by atoms with van der Waals surface area (Å²) in [5, 5.41) is 2.93. The summed E-state index contributed by atoms with van der Waals surface area (Å²) in [6.45, 7) is 0.336. The average molecular weight is 293 g/mol. The van der Waals surface area contributed by atoms with Gasteiger partial charge in [-0.1, -0.05) is 24.6 Å². The van der Waals surface area contributed by atoms with Crippen molar-refractivity contribution in [3.63, 3.8) is 0 Å². The lowest BCUT2D eigenvalue weighted by Crippen LogP contribution is -2.51. The van der Waals surface area contributed by atoms with Gasteiger partial charge in [-0.05, 0) is 18.9 Å². The van der Waals surface area contributed by atoms with Crippen LogP contribution in [0.15, 0.2) is 24.3 Å². The van der Waals surface area contributed by atoms with Crippen LogP contribution >= 0.6 is 0 Å². The highest BCUT2D eigenvalue weighted by atomic mass is 16.7. The highest BCUT2D eigenvalue weighted by Gasteiger charge is 2.47. The second kappa shape index (κ2) is 6.91. The zero-order valence-corrected chi connectivity index (χ0v) is 12.8. The first-order valence-corrected chi connectivity index (χ1v) is 7.15. The number of carbonyl (C=O) groups excluding carboxylic acids is 1. The Labute approximate surface area is 125 Å². The molecule has 1 N–H and O–H groups in total. The van der Waals surface area contributed by atoms with Crippen molar-refractivity contribution in [1.82, 2.24) is 5.32 Å². The predicted octanol–water partition coefficient (Wildman–Crippen LogP) is 1.85. The van der Waals surface area contributed by atoms with Crippen LogP contribution in [-0.4, -0.2) is 40.1 Å². The molecular formula is C16H23NO4. The smallest absolute Gasteiger partial charge is 0.230 e. The lowest BCUT2D eigenvalue weighted by molar-refractivity contribution is -0.135. The van der Waals surface area contributed by atoms with Crippen LogP contribution in [0, 0.1) is 0 Å². The van der Waals surface area contributed by atoms with Crippen molar-refractivity contribution in [3.8, 4) is 5.75 Å². The van der Waals surface area contributed by atoms with Gasteiger partial charge < -0.3 is 19.5 Å². The molecule has 116 valence electrons. The lowest BCUT2D eigenvalue weighted by atomic mass is 9.63. The van der Waals surface area contributed by atoms with Crippen molar-refractivity contribution >= 4 is 5.91 Å². The molecule has 0 aliphatic heterocycles. The Morgan fingerprint density at radius 3 is 2.43 bits per heavy atom. The molecule has 0 saturated heterocycles. The van der Waals surface area contributed by atoms with Gasteiger partial charge in [-0.15, -0.1) is 0 Å². The number of carbonyl (C=O) groups is 1. The molecular weight excluding hydrogens is 270 g/mol. The number of hydrogen-bond donors (Lipinski definition) is 1. The Hall–Kier alpha value is -1.59. The maximum absolute atomic E-state index is 12.7. The van der Waals surface area contributed by atoms with E-state index in [4.69, 9.17) is 14.2 Å². The number of para-hydroxylation sites is 1. The van der Waals surface area contributed by atoms with Gasteiger partial charge in [0.2, 0.25) is 5.91 Å². The first kappa shape index (κ1) is 15.8. The van der Waals surface area contributed by atoms with E-state index in [9.17, 15) is 4.79 Å². The summed E-state index contributed by atoms with van der Waals surface area (Å²) >= 11 is 0. The molecule has 5 nitrogen and oxygen atoms in total. The van der Waals surface area contributed by atoms with Crippen LogP contribution < -0.4 is 10.1 Å². The van der Waals surface area contributed by atoms with Crippen molar-refractivity contribution in [1.29, 1.82) is 0 Å². The minimum Gasteiger partial charge on any atom is -0.496 e. The van der Waals surface area contributed by atoms with Gasteiger partial charge in [-0.25, -0.2) is 0 Å². The van der Waals surface area contributed by atoms with Crippen LogP contribution in [0.25, 0.3) is 0 Å². The maximum atomic E-state index is 12.7. The monoisotopic (exact) mass is 293 g/mol. The van der Waals surface area contributed by atoms with E-state index in [-0.39, 0.29) is 5.91 Å². The Morgan fingerprint density at radius 2 is 1.90 bits per heavy atom. The summed E-state index contributed by atoms with van der Waals surface area (Å²) < 4.78 is 15.6. The third kappa shape index (κ3) is 3.04. The minimum absolute atomic E-state index is 0.0114. The fraction of sp³-hybridized carbons (Fsp3) is 0.562. The van der Waals surface area contributed by atoms with E-state index in [1.165, 1.54) is 0 Å². The van der Waals surface area contributed by atoms with Crippen LogP contribution in [0.2, 0.25) is 0 Å². The molecule has 1 fully saturated rings. The van der Waals surface area contributed by atoms with Crippen LogP contribution in [0.5, 0.6) is 5.75 Å². The number of amides is 1. The minimum atomic E-state index is -0.487. The van der Waals surface area contributed by atoms with Gasteiger partial charge in [-0.3, -0.25) is 4.79 Å². The maximum Gasteiger partial charge on any atom is 0.230 e. The molecule has 1 aliphatic carbocycles. The van der Waals surface area contributed by atoms with Gasteiger partial charge in [0.1, 0.15) is 5.75 Å². The van der Waals surface area contributed by atoms with E-state index in [1.807, 2.05) is 24.3 Å². The summed E-state index contributed by atoms with van der Waals surface area (Å²) in [5.41, 5.74) is 0.473. The van der Waals surface area contributed by atoms with Gasteiger partial charge in [-0.2, -0.15) is 0 Å². The van der Waals surface area contributed by atoms with E-state index in [1.54, 1.807) is 21.3 Å². The van der Waals surface area contributed by atoms with Gasteiger partial charge in [0.25, 0.3) is 0 Å². The molecule has 2 rings (SSSR count). The molecule has 1 aromatic carbocycles. The largest absolute Gasteiger partial charge is 0.496 e. The molecule has 1 saturated carbocycles. The molecule has 0 heterocycles. The van der Waals surface area contributed by atoms with E-state index in [0.29, 0.717) is 6.54 Å². The summed E-state index contributed by atoms with van der Waals surface area (Å²) in [6, 6.07) is 7.73. The first-order chi connectivity index (χ1) is 10.2. The number of nitrogens with one attached hydrogen (secondary N) is 1. The number of hydrogen-bond acceptors (Lipinski definition) is 4. The molecule has 0 unspecified atom stereocenters. The molecule has 1 aromatic rings. The molecule has 0 radical (unpaired) electrons. The van der Waals surface area contributed by atoms with Gasteiger partial charge in [0.15, 0.2) is 6.29 Å². The van der Waals surface area contributed by atoms with Gasteiger partial charge in [0, 0.05) is 19.8 Å². The van der Waals surface area contributed by atoms with E-state index in [2.05, 4.69) is 5.32 Å². The molecule has 0 bridgehead atoms. The normalized spacial score (nSPS) is 16.4. The van der Waals surface area contributed by atoms with Crippen LogP contribution in [-0.2, 0) is 19.7 Å². The second-order valence-corrected chi connectivity index (χ2v) is 5.25. The average Bonchev–Trinajstić information content (AvgIpc) is 2.47.